The van der Waals surface area contributed by atoms with E-state index < -0.39 is 10.0 Å². The van der Waals surface area contributed by atoms with Crippen LogP contribution in [0.5, 0.6) is 5.75 Å². The largest absolute Gasteiger partial charge is 0.508 e. The molecule has 4 rings (SSSR count). The monoisotopic (exact) mass is 386 g/mol. The number of rotatable bonds is 5. The van der Waals surface area contributed by atoms with Crippen LogP contribution in [0.4, 0.5) is 0 Å². The molecule has 0 aromatic heterocycles. The van der Waals surface area contributed by atoms with Crippen molar-refractivity contribution in [3.8, 4) is 5.75 Å². The van der Waals surface area contributed by atoms with Gasteiger partial charge in [0.25, 0.3) is 0 Å². The van der Waals surface area contributed by atoms with Crippen molar-refractivity contribution in [3.63, 3.8) is 0 Å². The number of phenolic OH excluding ortho intramolecular Hbond substituents is 1. The molecule has 2 aromatic carbocycles. The van der Waals surface area contributed by atoms with Crippen molar-refractivity contribution < 1.29 is 13.5 Å². The standard InChI is InChI=1S/C21H26N2O3S/c24-20-8-6-18(7-9-20)14-22-12-10-21(11-13-22)16-23(17-21)27(25,26)15-19-4-2-1-3-5-19/h1-9,24H,10-17H2. The Balaban J connectivity index is 1.29. The van der Waals surface area contributed by atoms with Gasteiger partial charge >= 0.3 is 0 Å². The lowest BCUT2D eigenvalue weighted by Gasteiger charge is -2.53. The molecule has 1 spiro atoms. The van der Waals surface area contributed by atoms with Crippen LogP contribution in [0.2, 0.25) is 0 Å². The minimum atomic E-state index is -3.22. The van der Waals surface area contributed by atoms with Crippen LogP contribution in [0, 0.1) is 5.41 Å². The van der Waals surface area contributed by atoms with E-state index in [0.717, 1.165) is 38.0 Å². The quantitative estimate of drug-likeness (QED) is 0.858. The fourth-order valence-electron chi connectivity index (χ4n) is 4.14. The van der Waals surface area contributed by atoms with Gasteiger partial charge in [-0.2, -0.15) is 0 Å². The molecule has 0 aliphatic carbocycles. The van der Waals surface area contributed by atoms with Gasteiger partial charge < -0.3 is 5.11 Å². The zero-order chi connectivity index (χ0) is 18.9. The van der Waals surface area contributed by atoms with Crippen molar-refractivity contribution >= 4 is 10.0 Å². The van der Waals surface area contributed by atoms with Crippen molar-refractivity contribution in [3.05, 3.63) is 65.7 Å². The van der Waals surface area contributed by atoms with E-state index in [9.17, 15) is 13.5 Å². The third-order valence-electron chi connectivity index (χ3n) is 5.87. The average molecular weight is 387 g/mol. The molecule has 0 amide bonds. The Labute approximate surface area is 161 Å². The topological polar surface area (TPSA) is 60.9 Å². The van der Waals surface area contributed by atoms with Crippen LogP contribution >= 0.6 is 0 Å². The van der Waals surface area contributed by atoms with Crippen LogP contribution in [0.3, 0.4) is 0 Å². The first-order chi connectivity index (χ1) is 12.9. The maximum absolute atomic E-state index is 12.6. The van der Waals surface area contributed by atoms with E-state index in [2.05, 4.69) is 4.90 Å². The summed E-state index contributed by atoms with van der Waals surface area (Å²) in [6.07, 6.45) is 2.09. The molecular formula is C21H26N2O3S. The fraction of sp³-hybridized carbons (Fsp3) is 0.429. The molecule has 144 valence electrons. The third-order valence-corrected chi connectivity index (χ3v) is 7.61. The lowest BCUT2D eigenvalue weighted by Crippen LogP contribution is -2.61. The van der Waals surface area contributed by atoms with E-state index in [4.69, 9.17) is 0 Å². The number of phenols is 1. The first-order valence-corrected chi connectivity index (χ1v) is 11.1. The SMILES string of the molecule is O=S(=O)(Cc1ccccc1)N1CC2(CCN(Cc3ccc(O)cc3)CC2)C1. The van der Waals surface area contributed by atoms with Gasteiger partial charge in [0.2, 0.25) is 10.0 Å². The number of aromatic hydroxyl groups is 1. The summed E-state index contributed by atoms with van der Waals surface area (Å²) in [6.45, 7) is 4.19. The molecule has 6 heteroatoms. The highest BCUT2D eigenvalue weighted by molar-refractivity contribution is 7.88. The first kappa shape index (κ1) is 18.5. The molecule has 2 heterocycles. The summed E-state index contributed by atoms with van der Waals surface area (Å²) in [5, 5.41) is 9.39. The molecule has 2 aromatic rings. The number of nitrogens with zero attached hydrogens (tertiary/aromatic N) is 2. The number of piperidine rings is 1. The Kier molecular flexibility index (Phi) is 4.97. The van der Waals surface area contributed by atoms with Crippen molar-refractivity contribution in [2.75, 3.05) is 26.2 Å². The molecule has 2 fully saturated rings. The van der Waals surface area contributed by atoms with Crippen LogP contribution in [0.1, 0.15) is 24.0 Å². The summed E-state index contributed by atoms with van der Waals surface area (Å²) in [6, 6.07) is 16.8. The Morgan fingerprint density at radius 2 is 1.52 bits per heavy atom. The molecule has 0 saturated carbocycles. The second kappa shape index (κ2) is 7.26. The molecule has 5 nitrogen and oxygen atoms in total. The highest BCUT2D eigenvalue weighted by Gasteiger charge is 2.48. The van der Waals surface area contributed by atoms with Crippen molar-refractivity contribution in [2.24, 2.45) is 5.41 Å². The number of hydrogen-bond acceptors (Lipinski definition) is 4. The Hall–Kier alpha value is -1.89. The maximum atomic E-state index is 12.6. The van der Waals surface area contributed by atoms with E-state index in [0.29, 0.717) is 18.8 Å². The van der Waals surface area contributed by atoms with E-state index in [1.807, 2.05) is 42.5 Å². The zero-order valence-corrected chi connectivity index (χ0v) is 16.2. The lowest BCUT2D eigenvalue weighted by molar-refractivity contribution is -0.00147. The summed E-state index contributed by atoms with van der Waals surface area (Å²) >= 11 is 0. The van der Waals surface area contributed by atoms with Crippen molar-refractivity contribution in [1.82, 2.24) is 9.21 Å². The van der Waals surface area contributed by atoms with Gasteiger partial charge in [-0.15, -0.1) is 0 Å². The van der Waals surface area contributed by atoms with Crippen LogP contribution in [0.25, 0.3) is 0 Å². The molecule has 2 aliphatic heterocycles. The number of benzene rings is 2. The van der Waals surface area contributed by atoms with Gasteiger partial charge in [0.1, 0.15) is 5.75 Å². The van der Waals surface area contributed by atoms with Crippen molar-refractivity contribution in [2.45, 2.75) is 25.1 Å². The third kappa shape index (κ3) is 4.18. The zero-order valence-electron chi connectivity index (χ0n) is 15.4. The van der Waals surface area contributed by atoms with Crippen LogP contribution in [-0.2, 0) is 22.3 Å². The fourth-order valence-corrected chi connectivity index (χ4v) is 5.87. The van der Waals surface area contributed by atoms with Gasteiger partial charge in [-0.1, -0.05) is 42.5 Å². The van der Waals surface area contributed by atoms with Gasteiger partial charge in [0.05, 0.1) is 5.75 Å². The minimum Gasteiger partial charge on any atom is -0.508 e. The Morgan fingerprint density at radius 1 is 0.889 bits per heavy atom. The Bertz CT molecular complexity index is 865. The average Bonchev–Trinajstić information content (AvgIpc) is 2.63. The molecule has 2 aliphatic rings. The molecule has 27 heavy (non-hydrogen) atoms. The number of hydrogen-bond donors (Lipinski definition) is 1. The van der Waals surface area contributed by atoms with Crippen molar-refractivity contribution in [1.29, 1.82) is 0 Å². The van der Waals surface area contributed by atoms with Crippen LogP contribution in [0.15, 0.2) is 54.6 Å². The van der Waals surface area contributed by atoms with Gasteiger partial charge in [-0.05, 0) is 49.2 Å². The highest BCUT2D eigenvalue weighted by Crippen LogP contribution is 2.42. The van der Waals surface area contributed by atoms with Crippen LogP contribution < -0.4 is 0 Å². The van der Waals surface area contributed by atoms with Gasteiger partial charge in [0.15, 0.2) is 0 Å². The smallest absolute Gasteiger partial charge is 0.218 e. The molecule has 0 atom stereocenters. The summed E-state index contributed by atoms with van der Waals surface area (Å²) in [7, 11) is -3.22. The van der Waals surface area contributed by atoms with E-state index in [1.54, 1.807) is 16.4 Å². The summed E-state index contributed by atoms with van der Waals surface area (Å²) in [5.74, 6) is 0.388. The molecule has 0 bridgehead atoms. The number of sulfonamides is 1. The van der Waals surface area contributed by atoms with Gasteiger partial charge in [-0.3, -0.25) is 4.90 Å². The minimum absolute atomic E-state index is 0.0941. The molecule has 2 saturated heterocycles. The molecule has 0 radical (unpaired) electrons. The molecular weight excluding hydrogens is 360 g/mol. The predicted molar refractivity (Wildman–Crippen MR) is 106 cm³/mol. The van der Waals surface area contributed by atoms with Gasteiger partial charge in [-0.25, -0.2) is 12.7 Å². The second-order valence-electron chi connectivity index (χ2n) is 7.95. The van der Waals surface area contributed by atoms with Gasteiger partial charge in [0, 0.05) is 25.0 Å². The number of likely N-dealkylation sites (tertiary alicyclic amines) is 1. The normalized spacial score (nSPS) is 20.4. The highest BCUT2D eigenvalue weighted by atomic mass is 32.2. The van der Waals surface area contributed by atoms with Crippen LogP contribution in [-0.4, -0.2) is 48.9 Å². The summed E-state index contributed by atoms with van der Waals surface area (Å²) in [5.41, 5.74) is 2.21. The Morgan fingerprint density at radius 3 is 2.15 bits per heavy atom. The molecule has 1 N–H and O–H groups in total. The molecule has 0 unspecified atom stereocenters. The predicted octanol–water partition coefficient (Wildman–Crippen LogP) is 2.82. The summed E-state index contributed by atoms with van der Waals surface area (Å²) in [4.78, 5) is 2.42. The first-order valence-electron chi connectivity index (χ1n) is 9.46. The maximum Gasteiger partial charge on any atom is 0.218 e. The summed E-state index contributed by atoms with van der Waals surface area (Å²) < 4.78 is 26.9. The van der Waals surface area contributed by atoms with E-state index >= 15 is 0 Å². The van der Waals surface area contributed by atoms with E-state index in [1.165, 1.54) is 5.56 Å². The second-order valence-corrected chi connectivity index (χ2v) is 9.92. The lowest BCUT2D eigenvalue weighted by atomic mass is 9.73. The van der Waals surface area contributed by atoms with E-state index in [-0.39, 0.29) is 11.2 Å².